The predicted molar refractivity (Wildman–Crippen MR) is 59.8 cm³/mol. The SMILES string of the molecule is CC1(CCc2cnc(N)c(C#N)n2)OCCO1. The lowest BCUT2D eigenvalue weighted by atomic mass is 10.1. The molecule has 6 nitrogen and oxygen atoms in total. The third kappa shape index (κ3) is 2.70. The summed E-state index contributed by atoms with van der Waals surface area (Å²) in [5.41, 5.74) is 6.38. The van der Waals surface area contributed by atoms with Gasteiger partial charge in [-0.3, -0.25) is 0 Å². The van der Waals surface area contributed by atoms with Crippen LogP contribution in [0.15, 0.2) is 6.20 Å². The molecule has 1 aliphatic rings. The average molecular weight is 234 g/mol. The fourth-order valence-corrected chi connectivity index (χ4v) is 1.69. The Morgan fingerprint density at radius 1 is 1.53 bits per heavy atom. The molecule has 1 aliphatic heterocycles. The molecule has 0 aliphatic carbocycles. The van der Waals surface area contributed by atoms with Crippen molar-refractivity contribution in [3.05, 3.63) is 17.6 Å². The summed E-state index contributed by atoms with van der Waals surface area (Å²) in [5.74, 6) is -0.383. The van der Waals surface area contributed by atoms with Gasteiger partial charge in [-0.1, -0.05) is 0 Å². The molecule has 1 saturated heterocycles. The van der Waals surface area contributed by atoms with Crippen LogP contribution in [0.3, 0.4) is 0 Å². The minimum absolute atomic E-state index is 0.163. The van der Waals surface area contributed by atoms with Crippen molar-refractivity contribution in [3.63, 3.8) is 0 Å². The van der Waals surface area contributed by atoms with E-state index in [4.69, 9.17) is 20.5 Å². The summed E-state index contributed by atoms with van der Waals surface area (Å²) in [6, 6.07) is 1.91. The van der Waals surface area contributed by atoms with Gasteiger partial charge in [-0.15, -0.1) is 0 Å². The van der Waals surface area contributed by atoms with Crippen molar-refractivity contribution < 1.29 is 9.47 Å². The molecule has 0 spiro atoms. The van der Waals surface area contributed by atoms with Gasteiger partial charge in [-0.2, -0.15) is 5.26 Å². The first-order valence-electron chi connectivity index (χ1n) is 5.42. The number of rotatable bonds is 3. The second-order valence-corrected chi connectivity index (χ2v) is 4.04. The zero-order chi connectivity index (χ0) is 12.3. The van der Waals surface area contributed by atoms with Crippen molar-refractivity contribution in [2.45, 2.75) is 25.6 Å². The Morgan fingerprint density at radius 2 is 2.24 bits per heavy atom. The van der Waals surface area contributed by atoms with Gasteiger partial charge in [0.2, 0.25) is 0 Å². The van der Waals surface area contributed by atoms with Gasteiger partial charge in [-0.25, -0.2) is 9.97 Å². The summed E-state index contributed by atoms with van der Waals surface area (Å²) in [5, 5.41) is 8.79. The Hall–Kier alpha value is -1.71. The third-order valence-electron chi connectivity index (χ3n) is 2.69. The second kappa shape index (κ2) is 4.65. The molecule has 1 aromatic rings. The molecule has 0 amide bonds. The summed E-state index contributed by atoms with van der Waals surface area (Å²) in [6.45, 7) is 3.14. The molecule has 1 fully saturated rings. The fraction of sp³-hybridized carbons (Fsp3) is 0.545. The number of nitrogens with zero attached hydrogens (tertiary/aromatic N) is 3. The van der Waals surface area contributed by atoms with E-state index in [-0.39, 0.29) is 11.5 Å². The average Bonchev–Trinajstić information content (AvgIpc) is 2.76. The highest BCUT2D eigenvalue weighted by Crippen LogP contribution is 2.24. The van der Waals surface area contributed by atoms with Crippen molar-refractivity contribution in [1.82, 2.24) is 9.97 Å². The van der Waals surface area contributed by atoms with Crippen molar-refractivity contribution in [2.75, 3.05) is 18.9 Å². The Bertz CT molecular complexity index is 449. The standard InChI is InChI=1S/C11H14N4O2/c1-11(16-4-5-17-11)3-2-8-7-14-10(13)9(6-12)15-8/h7H,2-5H2,1H3,(H2,13,14). The van der Waals surface area contributed by atoms with Crippen LogP contribution in [0.4, 0.5) is 5.82 Å². The summed E-state index contributed by atoms with van der Waals surface area (Å²) in [7, 11) is 0. The number of hydrogen-bond acceptors (Lipinski definition) is 6. The van der Waals surface area contributed by atoms with Crippen LogP contribution in [-0.4, -0.2) is 29.0 Å². The van der Waals surface area contributed by atoms with Crippen LogP contribution < -0.4 is 5.73 Å². The molecule has 6 heteroatoms. The van der Waals surface area contributed by atoms with E-state index in [0.717, 1.165) is 5.69 Å². The normalized spacial score (nSPS) is 17.9. The van der Waals surface area contributed by atoms with Crippen molar-refractivity contribution in [1.29, 1.82) is 5.26 Å². The number of aromatic nitrogens is 2. The molecule has 0 bridgehead atoms. The van der Waals surface area contributed by atoms with Crippen molar-refractivity contribution >= 4 is 5.82 Å². The van der Waals surface area contributed by atoms with Gasteiger partial charge in [0.05, 0.1) is 25.1 Å². The summed E-state index contributed by atoms with van der Waals surface area (Å²) < 4.78 is 11.0. The van der Waals surface area contributed by atoms with Gasteiger partial charge in [0.1, 0.15) is 6.07 Å². The van der Waals surface area contributed by atoms with Crippen LogP contribution in [0.2, 0.25) is 0 Å². The van der Waals surface area contributed by atoms with E-state index in [9.17, 15) is 0 Å². The summed E-state index contributed by atoms with van der Waals surface area (Å²) in [6.07, 6.45) is 2.89. The van der Waals surface area contributed by atoms with Crippen LogP contribution >= 0.6 is 0 Å². The summed E-state index contributed by atoms with van der Waals surface area (Å²) in [4.78, 5) is 8.05. The van der Waals surface area contributed by atoms with Gasteiger partial charge >= 0.3 is 0 Å². The lowest BCUT2D eigenvalue weighted by molar-refractivity contribution is -0.146. The molecule has 0 aromatic carbocycles. The smallest absolute Gasteiger partial charge is 0.183 e. The van der Waals surface area contributed by atoms with E-state index in [1.807, 2.05) is 13.0 Å². The lowest BCUT2D eigenvalue weighted by Crippen LogP contribution is -2.26. The van der Waals surface area contributed by atoms with Gasteiger partial charge in [0.15, 0.2) is 17.3 Å². The fourth-order valence-electron chi connectivity index (χ4n) is 1.69. The second-order valence-electron chi connectivity index (χ2n) is 4.04. The first-order chi connectivity index (χ1) is 8.13. The van der Waals surface area contributed by atoms with Gasteiger partial charge in [-0.05, 0) is 13.3 Å². The maximum absolute atomic E-state index is 8.79. The zero-order valence-corrected chi connectivity index (χ0v) is 9.64. The van der Waals surface area contributed by atoms with Crippen LogP contribution in [0.5, 0.6) is 0 Å². The number of nitrogen functional groups attached to an aromatic ring is 1. The molecule has 0 atom stereocenters. The highest BCUT2D eigenvalue weighted by molar-refractivity contribution is 5.42. The molecular formula is C11H14N4O2. The van der Waals surface area contributed by atoms with E-state index in [1.54, 1.807) is 6.20 Å². The first-order valence-corrected chi connectivity index (χ1v) is 5.42. The van der Waals surface area contributed by atoms with E-state index < -0.39 is 5.79 Å². The third-order valence-corrected chi connectivity index (χ3v) is 2.69. The van der Waals surface area contributed by atoms with E-state index in [0.29, 0.717) is 26.1 Å². The topological polar surface area (TPSA) is 94.1 Å². The number of ether oxygens (including phenoxy) is 2. The predicted octanol–water partition coefficient (Wildman–Crippen LogP) is 0.626. The van der Waals surface area contributed by atoms with Crippen LogP contribution in [0, 0.1) is 11.3 Å². The van der Waals surface area contributed by atoms with Crippen molar-refractivity contribution in [2.24, 2.45) is 0 Å². The number of nitriles is 1. The quantitative estimate of drug-likeness (QED) is 0.824. The van der Waals surface area contributed by atoms with Gasteiger partial charge < -0.3 is 15.2 Å². The Labute approximate surface area is 99.4 Å². The van der Waals surface area contributed by atoms with E-state index in [1.165, 1.54) is 0 Å². The molecule has 0 saturated carbocycles. The Kier molecular flexibility index (Phi) is 3.22. The largest absolute Gasteiger partial charge is 0.381 e. The molecule has 90 valence electrons. The molecule has 0 radical (unpaired) electrons. The molecule has 2 rings (SSSR count). The number of hydrogen-bond donors (Lipinski definition) is 1. The molecule has 2 N–H and O–H groups in total. The zero-order valence-electron chi connectivity index (χ0n) is 9.64. The molecule has 17 heavy (non-hydrogen) atoms. The molecular weight excluding hydrogens is 220 g/mol. The minimum atomic E-state index is -0.546. The lowest BCUT2D eigenvalue weighted by Gasteiger charge is -2.21. The summed E-state index contributed by atoms with van der Waals surface area (Å²) >= 11 is 0. The highest BCUT2D eigenvalue weighted by atomic mass is 16.7. The first kappa shape index (κ1) is 11.8. The number of aryl methyl sites for hydroxylation is 1. The van der Waals surface area contributed by atoms with E-state index in [2.05, 4.69) is 9.97 Å². The molecule has 1 aromatic heterocycles. The van der Waals surface area contributed by atoms with Crippen LogP contribution in [0.1, 0.15) is 24.7 Å². The maximum Gasteiger partial charge on any atom is 0.183 e. The minimum Gasteiger partial charge on any atom is -0.381 e. The van der Waals surface area contributed by atoms with Crippen LogP contribution in [-0.2, 0) is 15.9 Å². The van der Waals surface area contributed by atoms with Crippen molar-refractivity contribution in [3.8, 4) is 6.07 Å². The molecule has 2 heterocycles. The number of nitrogens with two attached hydrogens (primary N) is 1. The van der Waals surface area contributed by atoms with Gasteiger partial charge in [0, 0.05) is 6.42 Å². The van der Waals surface area contributed by atoms with E-state index >= 15 is 0 Å². The Balaban J connectivity index is 2.02. The maximum atomic E-state index is 8.79. The number of anilines is 1. The monoisotopic (exact) mass is 234 g/mol. The highest BCUT2D eigenvalue weighted by Gasteiger charge is 2.30. The molecule has 0 unspecified atom stereocenters. The van der Waals surface area contributed by atoms with Gasteiger partial charge in [0.25, 0.3) is 0 Å². The Morgan fingerprint density at radius 3 is 2.88 bits per heavy atom. The van der Waals surface area contributed by atoms with Crippen LogP contribution in [0.25, 0.3) is 0 Å².